The van der Waals surface area contributed by atoms with Gasteiger partial charge < -0.3 is 4.42 Å². The summed E-state index contributed by atoms with van der Waals surface area (Å²) in [5, 5.41) is 6.18. The van der Waals surface area contributed by atoms with E-state index in [9.17, 15) is 0 Å². The van der Waals surface area contributed by atoms with Crippen molar-refractivity contribution in [2.24, 2.45) is 0 Å². The lowest BCUT2D eigenvalue weighted by molar-refractivity contribution is 0.669. The van der Waals surface area contributed by atoms with E-state index in [4.69, 9.17) is 11.3 Å². The molecule has 0 bridgehead atoms. The Kier molecular flexibility index (Phi) is 4.81. The van der Waals surface area contributed by atoms with Crippen molar-refractivity contribution in [2.75, 3.05) is 0 Å². The van der Waals surface area contributed by atoms with Crippen LogP contribution >= 0.6 is 0 Å². The van der Waals surface area contributed by atoms with E-state index < -0.39 is 6.04 Å². The summed E-state index contributed by atoms with van der Waals surface area (Å²) in [4.78, 5) is 0. The van der Waals surface area contributed by atoms with Gasteiger partial charge in [0.05, 0.1) is 6.85 Å². The second kappa shape index (κ2) is 10.4. The first-order chi connectivity index (χ1) is 24.4. The van der Waals surface area contributed by atoms with E-state index in [1.807, 2.05) is 60.7 Å². The zero-order valence-corrected chi connectivity index (χ0v) is 24.2. The summed E-state index contributed by atoms with van der Waals surface area (Å²) in [6.07, 6.45) is 0. The normalized spacial score (nSPS) is 13.1. The standard InChI is InChI=1S/C44H28O/c1-3-15-29(16-4-1)31-19-7-8-21-33(31)43-34-22-9-11-24-36(34)44(37-25-12-10-23-35(37)43)40-27-39-32-20-13-14-26-41(32)45-42(39)28-38(40)30-17-5-2-6-18-30/h1-28H/i1D,3D,4D,15D,16D. The molecule has 45 heavy (non-hydrogen) atoms. The Bertz CT molecular complexity index is 2730. The Morgan fingerprint density at radius 2 is 0.889 bits per heavy atom. The van der Waals surface area contributed by atoms with E-state index in [1.165, 1.54) is 0 Å². The fourth-order valence-electron chi connectivity index (χ4n) is 6.85. The highest BCUT2D eigenvalue weighted by Crippen LogP contribution is 2.49. The minimum atomic E-state index is -0.405. The summed E-state index contributed by atoms with van der Waals surface area (Å²) < 4.78 is 49.1. The molecular formula is C44H28O. The van der Waals surface area contributed by atoms with E-state index in [0.717, 1.165) is 76.9 Å². The lowest BCUT2D eigenvalue weighted by Gasteiger charge is -2.21. The molecule has 0 saturated heterocycles. The van der Waals surface area contributed by atoms with Gasteiger partial charge in [-0.3, -0.25) is 0 Å². The molecular weight excluding hydrogens is 544 g/mol. The molecule has 0 unspecified atom stereocenters. The summed E-state index contributed by atoms with van der Waals surface area (Å²) in [5.74, 6) is 0. The third-order valence-electron chi connectivity index (χ3n) is 8.77. The SMILES string of the molecule is [2H]c1c([2H])c([2H])c(-c2ccccc2-c2c3ccccc3c(-c3cc4c(cc3-c3ccccc3)oc3ccccc34)c3ccccc23)c([2H])c1[2H]. The second-order valence-electron chi connectivity index (χ2n) is 11.2. The van der Waals surface area contributed by atoms with Gasteiger partial charge in [-0.2, -0.15) is 0 Å². The van der Waals surface area contributed by atoms with Crippen LogP contribution in [0.4, 0.5) is 0 Å². The van der Waals surface area contributed by atoms with Crippen molar-refractivity contribution in [3.63, 3.8) is 0 Å². The maximum Gasteiger partial charge on any atom is 0.136 e. The maximum atomic E-state index is 8.84. The molecule has 1 heterocycles. The monoisotopic (exact) mass is 577 g/mol. The number of benzene rings is 8. The molecule has 1 heteroatoms. The highest BCUT2D eigenvalue weighted by Gasteiger charge is 2.22. The number of fused-ring (bicyclic) bond motifs is 5. The number of rotatable bonds is 4. The molecule has 0 atom stereocenters. The second-order valence-corrected chi connectivity index (χ2v) is 11.2. The minimum Gasteiger partial charge on any atom is -0.456 e. The molecule has 0 aliphatic carbocycles. The average Bonchev–Trinajstić information content (AvgIpc) is 3.53. The van der Waals surface area contributed by atoms with Gasteiger partial charge in [0.25, 0.3) is 0 Å². The summed E-state index contributed by atoms with van der Waals surface area (Å²) in [7, 11) is 0. The van der Waals surface area contributed by atoms with E-state index >= 15 is 0 Å². The first-order valence-corrected chi connectivity index (χ1v) is 15.0. The van der Waals surface area contributed by atoms with Crippen LogP contribution in [0, 0.1) is 0 Å². The largest absolute Gasteiger partial charge is 0.456 e. The lowest BCUT2D eigenvalue weighted by Crippen LogP contribution is -1.94. The zero-order valence-electron chi connectivity index (χ0n) is 29.2. The van der Waals surface area contributed by atoms with Crippen molar-refractivity contribution in [1.29, 1.82) is 0 Å². The number of para-hydroxylation sites is 1. The lowest BCUT2D eigenvalue weighted by atomic mass is 9.82. The van der Waals surface area contributed by atoms with Crippen LogP contribution in [0.25, 0.3) is 88.0 Å². The van der Waals surface area contributed by atoms with Crippen molar-refractivity contribution in [3.8, 4) is 44.5 Å². The highest BCUT2D eigenvalue weighted by atomic mass is 16.3. The van der Waals surface area contributed by atoms with Crippen LogP contribution in [-0.2, 0) is 0 Å². The number of hydrogen-bond donors (Lipinski definition) is 0. The molecule has 0 aliphatic rings. The molecule has 1 aromatic heterocycles. The van der Waals surface area contributed by atoms with Crippen LogP contribution in [-0.4, -0.2) is 0 Å². The fourth-order valence-corrected chi connectivity index (χ4v) is 6.85. The van der Waals surface area contributed by atoms with E-state index in [1.54, 1.807) is 0 Å². The Balaban J connectivity index is 1.43. The molecule has 9 aromatic rings. The van der Waals surface area contributed by atoms with E-state index in [0.29, 0.717) is 5.56 Å². The van der Waals surface area contributed by atoms with E-state index in [-0.39, 0.29) is 29.7 Å². The van der Waals surface area contributed by atoms with Gasteiger partial charge in [0.15, 0.2) is 0 Å². The van der Waals surface area contributed by atoms with Crippen LogP contribution in [0.5, 0.6) is 0 Å². The first-order valence-electron chi connectivity index (χ1n) is 17.5. The Labute approximate surface area is 268 Å². The summed E-state index contributed by atoms with van der Waals surface area (Å²) in [5.41, 5.74) is 8.48. The highest BCUT2D eigenvalue weighted by molar-refractivity contribution is 6.24. The van der Waals surface area contributed by atoms with Crippen LogP contribution in [0.2, 0.25) is 0 Å². The minimum absolute atomic E-state index is 0.187. The molecule has 9 rings (SSSR count). The van der Waals surface area contributed by atoms with Gasteiger partial charge >= 0.3 is 0 Å². The molecule has 0 amide bonds. The molecule has 0 fully saturated rings. The predicted octanol–water partition coefficient (Wildman–Crippen LogP) is 12.6. The van der Waals surface area contributed by atoms with Gasteiger partial charge in [-0.15, -0.1) is 0 Å². The topological polar surface area (TPSA) is 13.1 Å². The number of hydrogen-bond acceptors (Lipinski definition) is 1. The van der Waals surface area contributed by atoms with Crippen molar-refractivity contribution in [3.05, 3.63) is 170 Å². The smallest absolute Gasteiger partial charge is 0.136 e. The summed E-state index contributed by atoms with van der Waals surface area (Å²) in [6, 6.07) is 45.7. The van der Waals surface area contributed by atoms with Gasteiger partial charge in [0.2, 0.25) is 0 Å². The molecule has 0 spiro atoms. The maximum absolute atomic E-state index is 8.84. The van der Waals surface area contributed by atoms with Gasteiger partial charge in [-0.05, 0) is 84.3 Å². The summed E-state index contributed by atoms with van der Waals surface area (Å²) >= 11 is 0. The quantitative estimate of drug-likeness (QED) is 0.190. The van der Waals surface area contributed by atoms with Crippen LogP contribution in [0.3, 0.4) is 0 Å². The van der Waals surface area contributed by atoms with Crippen molar-refractivity contribution in [1.82, 2.24) is 0 Å². The molecule has 210 valence electrons. The van der Waals surface area contributed by atoms with Crippen molar-refractivity contribution in [2.45, 2.75) is 0 Å². The fraction of sp³-hybridized carbons (Fsp3) is 0. The molecule has 0 N–H and O–H groups in total. The van der Waals surface area contributed by atoms with Crippen LogP contribution in [0.15, 0.2) is 174 Å². The van der Waals surface area contributed by atoms with Crippen LogP contribution in [0.1, 0.15) is 6.85 Å². The Morgan fingerprint density at radius 3 is 1.56 bits per heavy atom. The van der Waals surface area contributed by atoms with E-state index in [2.05, 4.69) is 78.9 Å². The molecule has 8 aromatic carbocycles. The Hall–Kier alpha value is -5.92. The predicted molar refractivity (Wildman–Crippen MR) is 190 cm³/mol. The zero-order chi connectivity index (χ0) is 34.1. The third-order valence-corrected chi connectivity index (χ3v) is 8.77. The van der Waals surface area contributed by atoms with Crippen LogP contribution < -0.4 is 0 Å². The third kappa shape index (κ3) is 4.09. The molecule has 0 aliphatic heterocycles. The van der Waals surface area contributed by atoms with Gasteiger partial charge in [0.1, 0.15) is 11.2 Å². The molecule has 0 saturated carbocycles. The Morgan fingerprint density at radius 1 is 0.356 bits per heavy atom. The number of furan rings is 1. The average molecular weight is 578 g/mol. The summed E-state index contributed by atoms with van der Waals surface area (Å²) in [6.45, 7) is 0. The van der Waals surface area contributed by atoms with Crippen molar-refractivity contribution < 1.29 is 11.3 Å². The van der Waals surface area contributed by atoms with Crippen molar-refractivity contribution >= 4 is 43.5 Å². The first kappa shape index (κ1) is 20.9. The van der Waals surface area contributed by atoms with Gasteiger partial charge in [0, 0.05) is 10.8 Å². The molecule has 1 nitrogen and oxygen atoms in total. The van der Waals surface area contributed by atoms with Gasteiger partial charge in [-0.1, -0.05) is 152 Å². The molecule has 0 radical (unpaired) electrons. The van der Waals surface area contributed by atoms with Gasteiger partial charge in [-0.25, -0.2) is 0 Å².